The van der Waals surface area contributed by atoms with Crippen LogP contribution in [-0.2, 0) is 6.42 Å². The molecule has 0 atom stereocenters. The normalized spacial score (nSPS) is 10.9. The molecule has 0 saturated heterocycles. The monoisotopic (exact) mass is 428 g/mol. The molecule has 0 amide bonds. The quantitative estimate of drug-likeness (QED) is 0.321. The van der Waals surface area contributed by atoms with Crippen LogP contribution in [0.15, 0.2) is 52.9 Å². The van der Waals surface area contributed by atoms with E-state index in [0.717, 1.165) is 34.8 Å². The van der Waals surface area contributed by atoms with Crippen molar-refractivity contribution in [2.24, 2.45) is 10.7 Å². The van der Waals surface area contributed by atoms with Crippen molar-refractivity contribution in [2.45, 2.75) is 13.3 Å². The molecule has 0 aliphatic carbocycles. The highest BCUT2D eigenvalue weighted by Gasteiger charge is 2.04. The topological polar surface area (TPSA) is 63.3 Å². The predicted molar refractivity (Wildman–Crippen MR) is 106 cm³/mol. The number of guanidine groups is 1. The molecule has 0 saturated carbocycles. The maximum absolute atomic E-state index is 5.76. The molecule has 0 bridgehead atoms. The fourth-order valence-corrected chi connectivity index (χ4v) is 2.59. The third kappa shape index (κ3) is 6.15. The largest absolute Gasteiger partial charge is 0.370 e. The number of hydrogen-bond acceptors (Lipinski definition) is 3. The molecule has 2 rings (SSSR count). The number of nitrogens with one attached hydrogen (secondary N) is 1. The maximum atomic E-state index is 5.76. The van der Waals surface area contributed by atoms with E-state index in [0.29, 0.717) is 12.5 Å². The van der Waals surface area contributed by atoms with Crippen molar-refractivity contribution in [1.29, 1.82) is 0 Å². The Balaban J connectivity index is 0.00000242. The number of hydrogen-bond donors (Lipinski definition) is 2. The molecule has 0 aliphatic rings. The second-order valence-electron chi connectivity index (χ2n) is 4.85. The number of nitrogens with zero attached hydrogens (tertiary/aromatic N) is 2. The Morgan fingerprint density at radius 3 is 2.77 bits per heavy atom. The number of aromatic nitrogens is 1. The van der Waals surface area contributed by atoms with Gasteiger partial charge in [-0.1, -0.05) is 42.5 Å². The van der Waals surface area contributed by atoms with Gasteiger partial charge >= 0.3 is 0 Å². The summed E-state index contributed by atoms with van der Waals surface area (Å²) >= 11 is 1.66. The Morgan fingerprint density at radius 2 is 2.09 bits per heavy atom. The second-order valence-corrected chi connectivity index (χ2v) is 5.70. The van der Waals surface area contributed by atoms with Gasteiger partial charge in [0.15, 0.2) is 5.96 Å². The number of nitrogens with two attached hydrogens (primary N) is 1. The molecule has 1 heterocycles. The predicted octanol–water partition coefficient (Wildman–Crippen LogP) is 3.45. The molecule has 0 spiro atoms. The van der Waals surface area contributed by atoms with Gasteiger partial charge in [0.25, 0.3) is 0 Å². The maximum Gasteiger partial charge on any atom is 0.188 e. The minimum absolute atomic E-state index is 0. The molecule has 2 aromatic rings. The number of benzene rings is 1. The molecule has 118 valence electrons. The van der Waals surface area contributed by atoms with Crippen LogP contribution in [0.4, 0.5) is 0 Å². The van der Waals surface area contributed by atoms with Crippen molar-refractivity contribution in [1.82, 2.24) is 10.3 Å². The van der Waals surface area contributed by atoms with Crippen molar-refractivity contribution >= 4 is 41.3 Å². The number of thiazole rings is 1. The Hall–Kier alpha value is -1.41. The molecule has 4 nitrogen and oxygen atoms in total. The van der Waals surface area contributed by atoms with Crippen LogP contribution in [0.5, 0.6) is 0 Å². The van der Waals surface area contributed by atoms with E-state index in [1.165, 1.54) is 0 Å². The Bertz CT molecular complexity index is 622. The molecular weight excluding hydrogens is 407 g/mol. The lowest BCUT2D eigenvalue weighted by atomic mass is 10.2. The van der Waals surface area contributed by atoms with Crippen molar-refractivity contribution in [3.63, 3.8) is 0 Å². The summed E-state index contributed by atoms with van der Waals surface area (Å²) in [6, 6.07) is 10.2. The van der Waals surface area contributed by atoms with Crippen LogP contribution in [-0.4, -0.2) is 24.0 Å². The summed E-state index contributed by atoms with van der Waals surface area (Å²) in [5, 5.41) is 6.23. The first kappa shape index (κ1) is 18.6. The molecule has 0 unspecified atom stereocenters. The number of aliphatic imine (C=N–C) groups is 1. The van der Waals surface area contributed by atoms with Crippen LogP contribution in [0.25, 0.3) is 10.6 Å². The lowest BCUT2D eigenvalue weighted by molar-refractivity contribution is 0.837. The summed E-state index contributed by atoms with van der Waals surface area (Å²) in [6.07, 6.45) is 0.826. The molecular formula is C16H21IN4S. The van der Waals surface area contributed by atoms with Gasteiger partial charge in [0.2, 0.25) is 0 Å². The van der Waals surface area contributed by atoms with Gasteiger partial charge in [0.1, 0.15) is 5.01 Å². The van der Waals surface area contributed by atoms with E-state index in [2.05, 4.69) is 39.4 Å². The lowest BCUT2D eigenvalue weighted by Gasteiger charge is -2.04. The van der Waals surface area contributed by atoms with Crippen LogP contribution < -0.4 is 11.1 Å². The second kappa shape index (κ2) is 9.58. The number of rotatable bonds is 6. The summed E-state index contributed by atoms with van der Waals surface area (Å²) in [5.74, 6) is 0.455. The first-order valence-corrected chi connectivity index (χ1v) is 7.71. The van der Waals surface area contributed by atoms with Crippen molar-refractivity contribution in [3.05, 3.63) is 53.6 Å². The van der Waals surface area contributed by atoms with Gasteiger partial charge in [0, 0.05) is 23.9 Å². The number of halogens is 1. The molecule has 0 aliphatic heterocycles. The zero-order valence-corrected chi connectivity index (χ0v) is 15.7. The van der Waals surface area contributed by atoms with E-state index >= 15 is 0 Å². The minimum Gasteiger partial charge on any atom is -0.370 e. The Kier molecular flexibility index (Phi) is 8.11. The zero-order chi connectivity index (χ0) is 15.1. The van der Waals surface area contributed by atoms with Crippen LogP contribution in [0.2, 0.25) is 0 Å². The Labute approximate surface area is 152 Å². The van der Waals surface area contributed by atoms with Gasteiger partial charge in [-0.25, -0.2) is 9.98 Å². The third-order valence-corrected chi connectivity index (χ3v) is 3.72. The van der Waals surface area contributed by atoms with E-state index < -0.39 is 0 Å². The average Bonchev–Trinajstić information content (AvgIpc) is 2.95. The molecule has 1 aromatic heterocycles. The summed E-state index contributed by atoms with van der Waals surface area (Å²) in [6.45, 7) is 7.00. The molecule has 6 heteroatoms. The van der Waals surface area contributed by atoms with E-state index in [1.54, 1.807) is 11.3 Å². The van der Waals surface area contributed by atoms with Gasteiger partial charge in [-0.2, -0.15) is 0 Å². The summed E-state index contributed by atoms with van der Waals surface area (Å²) in [5.41, 5.74) is 8.98. The fourth-order valence-electron chi connectivity index (χ4n) is 1.73. The van der Waals surface area contributed by atoms with Gasteiger partial charge in [-0.3, -0.25) is 0 Å². The third-order valence-electron chi connectivity index (χ3n) is 2.78. The molecule has 22 heavy (non-hydrogen) atoms. The SMILES string of the molecule is C=C(C)CN=C(N)NCCc1csc(-c2ccccc2)n1.I. The highest BCUT2D eigenvalue weighted by Crippen LogP contribution is 2.23. The molecule has 3 N–H and O–H groups in total. The first-order valence-electron chi connectivity index (χ1n) is 6.83. The van der Waals surface area contributed by atoms with E-state index in [-0.39, 0.29) is 24.0 Å². The van der Waals surface area contributed by atoms with Crippen LogP contribution in [0.3, 0.4) is 0 Å². The highest BCUT2D eigenvalue weighted by atomic mass is 127. The average molecular weight is 428 g/mol. The smallest absolute Gasteiger partial charge is 0.188 e. The summed E-state index contributed by atoms with van der Waals surface area (Å²) < 4.78 is 0. The van der Waals surface area contributed by atoms with Gasteiger partial charge in [0.05, 0.1) is 12.2 Å². The minimum atomic E-state index is 0. The fraction of sp³-hybridized carbons (Fsp3) is 0.250. The summed E-state index contributed by atoms with van der Waals surface area (Å²) in [4.78, 5) is 8.81. The van der Waals surface area contributed by atoms with Gasteiger partial charge in [-0.15, -0.1) is 35.3 Å². The zero-order valence-electron chi connectivity index (χ0n) is 12.6. The van der Waals surface area contributed by atoms with E-state index in [9.17, 15) is 0 Å². The van der Waals surface area contributed by atoms with Crippen LogP contribution in [0.1, 0.15) is 12.6 Å². The Morgan fingerprint density at radius 1 is 1.36 bits per heavy atom. The standard InChI is InChI=1S/C16H20N4S.HI/c1-12(2)10-19-16(17)18-9-8-14-11-21-15(20-14)13-6-4-3-5-7-13;/h3-7,11H,1,8-10H2,2H3,(H3,17,18,19);1H. The first-order chi connectivity index (χ1) is 10.1. The van der Waals surface area contributed by atoms with E-state index in [4.69, 9.17) is 5.73 Å². The molecule has 0 radical (unpaired) electrons. The van der Waals surface area contributed by atoms with E-state index in [1.807, 2.05) is 25.1 Å². The van der Waals surface area contributed by atoms with Crippen LogP contribution >= 0.6 is 35.3 Å². The van der Waals surface area contributed by atoms with Crippen molar-refractivity contribution in [3.8, 4) is 10.6 Å². The van der Waals surface area contributed by atoms with Gasteiger partial charge in [-0.05, 0) is 6.92 Å². The van der Waals surface area contributed by atoms with Gasteiger partial charge < -0.3 is 11.1 Å². The van der Waals surface area contributed by atoms with Crippen molar-refractivity contribution < 1.29 is 0 Å². The highest BCUT2D eigenvalue weighted by molar-refractivity contribution is 14.0. The van der Waals surface area contributed by atoms with Crippen LogP contribution in [0, 0.1) is 0 Å². The van der Waals surface area contributed by atoms with Crippen molar-refractivity contribution in [2.75, 3.05) is 13.1 Å². The summed E-state index contributed by atoms with van der Waals surface area (Å²) in [7, 11) is 0. The molecule has 1 aromatic carbocycles. The molecule has 0 fully saturated rings. The lowest BCUT2D eigenvalue weighted by Crippen LogP contribution is -2.33.